The number of amides is 2. The van der Waals surface area contributed by atoms with Crippen molar-refractivity contribution in [2.75, 3.05) is 5.32 Å². The predicted molar refractivity (Wildman–Crippen MR) is 86.2 cm³/mol. The molecule has 0 aliphatic heterocycles. The Morgan fingerprint density at radius 3 is 2.65 bits per heavy atom. The molecule has 23 heavy (non-hydrogen) atoms. The maximum atomic E-state index is 12.2. The number of carboxylic acids is 1. The molecule has 1 atom stereocenters. The molecule has 1 aromatic carbocycles. The lowest BCUT2D eigenvalue weighted by Gasteiger charge is -2.14. The second-order valence-corrected chi connectivity index (χ2v) is 5.85. The molecule has 0 aromatic heterocycles. The van der Waals surface area contributed by atoms with E-state index in [0.29, 0.717) is 17.7 Å². The van der Waals surface area contributed by atoms with Crippen LogP contribution >= 0.6 is 0 Å². The van der Waals surface area contributed by atoms with Crippen molar-refractivity contribution >= 4 is 23.5 Å². The monoisotopic (exact) mass is 318 g/mol. The Morgan fingerprint density at radius 1 is 1.30 bits per heavy atom. The maximum Gasteiger partial charge on any atom is 0.326 e. The molecule has 1 saturated carbocycles. The van der Waals surface area contributed by atoms with Gasteiger partial charge in [-0.1, -0.05) is 25.8 Å². The molecule has 0 heterocycles. The highest BCUT2D eigenvalue weighted by Crippen LogP contribution is 2.30. The van der Waals surface area contributed by atoms with Crippen molar-refractivity contribution in [3.05, 3.63) is 29.8 Å². The van der Waals surface area contributed by atoms with E-state index >= 15 is 0 Å². The first kappa shape index (κ1) is 17.0. The van der Waals surface area contributed by atoms with Gasteiger partial charge in [0, 0.05) is 17.2 Å². The molecular weight excluding hydrogens is 296 g/mol. The molecule has 3 N–H and O–H groups in total. The van der Waals surface area contributed by atoms with Gasteiger partial charge in [0.05, 0.1) is 0 Å². The zero-order valence-corrected chi connectivity index (χ0v) is 13.2. The van der Waals surface area contributed by atoms with Crippen LogP contribution in [0, 0.1) is 5.92 Å². The molecule has 0 bridgehead atoms. The summed E-state index contributed by atoms with van der Waals surface area (Å²) in [5, 5.41) is 14.5. The van der Waals surface area contributed by atoms with Gasteiger partial charge in [-0.2, -0.15) is 0 Å². The number of nitrogens with one attached hydrogen (secondary N) is 2. The summed E-state index contributed by atoms with van der Waals surface area (Å²) in [4.78, 5) is 35.2. The zero-order valence-electron chi connectivity index (χ0n) is 13.2. The van der Waals surface area contributed by atoms with E-state index in [4.69, 9.17) is 5.11 Å². The molecule has 1 aliphatic rings. The molecule has 0 unspecified atom stereocenters. The van der Waals surface area contributed by atoms with Crippen molar-refractivity contribution in [2.45, 2.75) is 45.1 Å². The van der Waals surface area contributed by atoms with E-state index in [1.165, 1.54) is 0 Å². The fraction of sp³-hybridized carbons (Fsp3) is 0.471. The summed E-state index contributed by atoms with van der Waals surface area (Å²) in [7, 11) is 0. The Hall–Kier alpha value is -2.37. The van der Waals surface area contributed by atoms with Crippen LogP contribution in [0.3, 0.4) is 0 Å². The minimum Gasteiger partial charge on any atom is -0.480 e. The molecule has 1 fully saturated rings. The van der Waals surface area contributed by atoms with Gasteiger partial charge in [-0.15, -0.1) is 0 Å². The normalized spacial score (nSPS) is 14.8. The van der Waals surface area contributed by atoms with Crippen LogP contribution in [0.1, 0.15) is 49.4 Å². The molecule has 124 valence electrons. The molecule has 2 amide bonds. The molecule has 2 rings (SSSR count). The van der Waals surface area contributed by atoms with Gasteiger partial charge in [0.2, 0.25) is 5.91 Å². The number of hydrogen-bond acceptors (Lipinski definition) is 3. The Kier molecular flexibility index (Phi) is 5.73. The fourth-order valence-electron chi connectivity index (χ4n) is 2.24. The first-order chi connectivity index (χ1) is 11.0. The van der Waals surface area contributed by atoms with Crippen molar-refractivity contribution < 1.29 is 19.5 Å². The van der Waals surface area contributed by atoms with Crippen LogP contribution < -0.4 is 10.6 Å². The van der Waals surface area contributed by atoms with E-state index in [1.807, 2.05) is 6.92 Å². The lowest BCUT2D eigenvalue weighted by atomic mass is 10.1. The molecule has 0 saturated heterocycles. The zero-order chi connectivity index (χ0) is 16.8. The van der Waals surface area contributed by atoms with Gasteiger partial charge in [-0.25, -0.2) is 4.79 Å². The number of rotatable bonds is 8. The maximum absolute atomic E-state index is 12.2. The second kappa shape index (κ2) is 7.76. The topological polar surface area (TPSA) is 95.5 Å². The Balaban J connectivity index is 2.00. The fourth-order valence-corrected chi connectivity index (χ4v) is 2.24. The van der Waals surface area contributed by atoms with E-state index in [-0.39, 0.29) is 11.8 Å². The number of hydrogen-bond donors (Lipinski definition) is 3. The van der Waals surface area contributed by atoms with E-state index < -0.39 is 17.9 Å². The van der Waals surface area contributed by atoms with Crippen LogP contribution in [-0.2, 0) is 9.59 Å². The van der Waals surface area contributed by atoms with Crippen molar-refractivity contribution in [2.24, 2.45) is 5.92 Å². The number of benzene rings is 1. The van der Waals surface area contributed by atoms with Crippen molar-refractivity contribution in [3.8, 4) is 0 Å². The number of unbranched alkanes of at least 4 members (excludes halogenated alkanes) is 1. The average Bonchev–Trinajstić information content (AvgIpc) is 3.36. The standard InChI is InChI=1S/C17H22N2O4/c1-2-3-7-14(17(22)23)19-16(21)12-5-4-6-13(10-12)18-15(20)11-8-9-11/h4-6,10-11,14H,2-3,7-9H2,1H3,(H,18,20)(H,19,21)(H,22,23)/t14-/m0/s1. The Labute approximate surface area is 135 Å². The quantitative estimate of drug-likeness (QED) is 0.686. The first-order valence-corrected chi connectivity index (χ1v) is 7.96. The average molecular weight is 318 g/mol. The number of anilines is 1. The molecule has 6 heteroatoms. The van der Waals surface area contributed by atoms with Crippen molar-refractivity contribution in [3.63, 3.8) is 0 Å². The molecule has 0 spiro atoms. The van der Waals surface area contributed by atoms with Crippen LogP contribution in [-0.4, -0.2) is 28.9 Å². The molecule has 0 radical (unpaired) electrons. The summed E-state index contributed by atoms with van der Waals surface area (Å²) in [6.45, 7) is 1.97. The number of carbonyl (C=O) groups excluding carboxylic acids is 2. The van der Waals surface area contributed by atoms with Crippen LogP contribution in [0.5, 0.6) is 0 Å². The molecule has 6 nitrogen and oxygen atoms in total. The summed E-state index contributed by atoms with van der Waals surface area (Å²) in [5.74, 6) is -1.44. The summed E-state index contributed by atoms with van der Waals surface area (Å²) in [6, 6.07) is 5.64. The van der Waals surface area contributed by atoms with Crippen LogP contribution in [0.4, 0.5) is 5.69 Å². The molecule has 1 aliphatic carbocycles. The second-order valence-electron chi connectivity index (χ2n) is 5.85. The van der Waals surface area contributed by atoms with Gasteiger partial charge < -0.3 is 15.7 Å². The highest BCUT2D eigenvalue weighted by molar-refractivity contribution is 5.99. The van der Waals surface area contributed by atoms with Crippen LogP contribution in [0.15, 0.2) is 24.3 Å². The smallest absolute Gasteiger partial charge is 0.326 e. The van der Waals surface area contributed by atoms with E-state index in [2.05, 4.69) is 10.6 Å². The van der Waals surface area contributed by atoms with E-state index in [1.54, 1.807) is 24.3 Å². The van der Waals surface area contributed by atoms with Gasteiger partial charge in [-0.05, 0) is 37.5 Å². The molecule has 1 aromatic rings. The minimum absolute atomic E-state index is 0.0334. The highest BCUT2D eigenvalue weighted by atomic mass is 16.4. The van der Waals surface area contributed by atoms with Gasteiger partial charge in [0.1, 0.15) is 6.04 Å². The number of carboxylic acid groups (broad SMARTS) is 1. The van der Waals surface area contributed by atoms with Crippen LogP contribution in [0.2, 0.25) is 0 Å². The summed E-state index contributed by atoms with van der Waals surface area (Å²) in [6.07, 6.45) is 3.81. The summed E-state index contributed by atoms with van der Waals surface area (Å²) < 4.78 is 0. The lowest BCUT2D eigenvalue weighted by Crippen LogP contribution is -2.40. The van der Waals surface area contributed by atoms with Crippen LogP contribution in [0.25, 0.3) is 0 Å². The van der Waals surface area contributed by atoms with Gasteiger partial charge in [-0.3, -0.25) is 9.59 Å². The van der Waals surface area contributed by atoms with E-state index in [9.17, 15) is 14.4 Å². The van der Waals surface area contributed by atoms with Crippen molar-refractivity contribution in [1.29, 1.82) is 0 Å². The molecular formula is C17H22N2O4. The minimum atomic E-state index is -1.04. The third-order valence-corrected chi connectivity index (χ3v) is 3.79. The first-order valence-electron chi connectivity index (χ1n) is 7.96. The van der Waals surface area contributed by atoms with E-state index in [0.717, 1.165) is 25.7 Å². The van der Waals surface area contributed by atoms with Gasteiger partial charge >= 0.3 is 5.97 Å². The summed E-state index contributed by atoms with van der Waals surface area (Å²) >= 11 is 0. The highest BCUT2D eigenvalue weighted by Gasteiger charge is 2.29. The number of carbonyl (C=O) groups is 3. The van der Waals surface area contributed by atoms with Crippen molar-refractivity contribution in [1.82, 2.24) is 5.32 Å². The third-order valence-electron chi connectivity index (χ3n) is 3.79. The summed E-state index contributed by atoms with van der Waals surface area (Å²) in [5.41, 5.74) is 0.885. The Bertz CT molecular complexity index is 596. The Morgan fingerprint density at radius 2 is 2.04 bits per heavy atom. The number of aliphatic carboxylic acids is 1. The lowest BCUT2D eigenvalue weighted by molar-refractivity contribution is -0.139. The third kappa shape index (κ3) is 5.09. The SMILES string of the molecule is CCCC[C@H](NC(=O)c1cccc(NC(=O)C2CC2)c1)C(=O)O. The van der Waals surface area contributed by atoms with Gasteiger partial charge in [0.25, 0.3) is 5.91 Å². The van der Waals surface area contributed by atoms with Gasteiger partial charge in [0.15, 0.2) is 0 Å². The predicted octanol–water partition coefficient (Wildman–Crippen LogP) is 2.41. The largest absolute Gasteiger partial charge is 0.480 e.